The maximum Gasteiger partial charge on any atom is 0.239 e. The number of sulfonamides is 1. The minimum absolute atomic E-state index is 0.0546. The Morgan fingerprint density at radius 1 is 1.11 bits per heavy atom. The van der Waals surface area contributed by atoms with Crippen LogP contribution in [0.25, 0.3) is 0 Å². The second kappa shape index (κ2) is 5.24. The van der Waals surface area contributed by atoms with E-state index in [2.05, 4.69) is 0 Å². The molecular weight excluding hydrogens is 280 g/mol. The molecule has 4 N–H and O–H groups in total. The van der Waals surface area contributed by atoms with E-state index >= 15 is 0 Å². The van der Waals surface area contributed by atoms with Gasteiger partial charge in [0.25, 0.3) is 0 Å². The fraction of sp³-hybridized carbons (Fsp3) is 0.0769. The summed E-state index contributed by atoms with van der Waals surface area (Å²) < 4.78 is 23.1. The lowest BCUT2D eigenvalue weighted by atomic mass is 10.2. The van der Waals surface area contributed by atoms with E-state index in [1.807, 2.05) is 31.2 Å². The Morgan fingerprint density at radius 3 is 2.47 bits per heavy atom. The number of nitrogens with two attached hydrogens (primary N) is 2. The zero-order chi connectivity index (χ0) is 14.0. The molecule has 4 nitrogen and oxygen atoms in total. The van der Waals surface area contributed by atoms with Gasteiger partial charge in [-0.05, 0) is 37.3 Å². The van der Waals surface area contributed by atoms with Gasteiger partial charge in [-0.15, -0.1) is 0 Å². The van der Waals surface area contributed by atoms with Crippen LogP contribution in [0.2, 0.25) is 0 Å². The zero-order valence-corrected chi connectivity index (χ0v) is 12.0. The van der Waals surface area contributed by atoms with Gasteiger partial charge >= 0.3 is 0 Å². The summed E-state index contributed by atoms with van der Waals surface area (Å²) in [6.45, 7) is 1.98. The molecule has 6 heteroatoms. The summed E-state index contributed by atoms with van der Waals surface area (Å²) in [6, 6.07) is 12.5. The zero-order valence-electron chi connectivity index (χ0n) is 10.3. The van der Waals surface area contributed by atoms with Crippen molar-refractivity contribution in [3.05, 3.63) is 48.0 Å². The molecule has 0 unspecified atom stereocenters. The average Bonchev–Trinajstić information content (AvgIpc) is 2.30. The highest BCUT2D eigenvalue weighted by atomic mass is 32.2. The quantitative estimate of drug-likeness (QED) is 0.851. The Kier molecular flexibility index (Phi) is 3.84. The number of anilines is 1. The van der Waals surface area contributed by atoms with Crippen LogP contribution in [0.15, 0.2) is 57.2 Å². The first-order chi connectivity index (χ1) is 8.86. The van der Waals surface area contributed by atoms with Gasteiger partial charge in [0.15, 0.2) is 0 Å². The Morgan fingerprint density at radius 2 is 1.84 bits per heavy atom. The van der Waals surface area contributed by atoms with Gasteiger partial charge in [0.2, 0.25) is 10.0 Å². The Labute approximate surface area is 116 Å². The van der Waals surface area contributed by atoms with Crippen LogP contribution in [0.3, 0.4) is 0 Å². The maximum absolute atomic E-state index is 11.6. The first-order valence-corrected chi connectivity index (χ1v) is 7.89. The summed E-state index contributed by atoms with van der Waals surface area (Å²) in [5, 5.41) is 5.21. The van der Waals surface area contributed by atoms with Gasteiger partial charge in [-0.2, -0.15) is 0 Å². The molecule has 0 aromatic heterocycles. The molecule has 0 saturated carbocycles. The fourth-order valence-electron chi connectivity index (χ4n) is 1.64. The summed E-state index contributed by atoms with van der Waals surface area (Å²) in [4.78, 5) is 1.58. The van der Waals surface area contributed by atoms with E-state index in [-0.39, 0.29) is 4.90 Å². The van der Waals surface area contributed by atoms with Crippen molar-refractivity contribution < 1.29 is 8.42 Å². The number of nitrogen functional groups attached to an aromatic ring is 1. The van der Waals surface area contributed by atoms with Crippen molar-refractivity contribution in [3.8, 4) is 0 Å². The van der Waals surface area contributed by atoms with E-state index in [0.29, 0.717) is 10.6 Å². The molecule has 0 bridgehead atoms. The van der Waals surface area contributed by atoms with E-state index in [0.717, 1.165) is 10.5 Å². The summed E-state index contributed by atoms with van der Waals surface area (Å²) in [6.07, 6.45) is 0. The molecule has 0 atom stereocenters. The van der Waals surface area contributed by atoms with Crippen LogP contribution in [0.4, 0.5) is 5.69 Å². The van der Waals surface area contributed by atoms with Gasteiger partial charge < -0.3 is 5.73 Å². The van der Waals surface area contributed by atoms with Crippen molar-refractivity contribution in [2.45, 2.75) is 21.6 Å². The van der Waals surface area contributed by atoms with Gasteiger partial charge in [0.1, 0.15) is 0 Å². The Bertz CT molecular complexity index is 712. The summed E-state index contributed by atoms with van der Waals surface area (Å²) in [5.74, 6) is 0. The van der Waals surface area contributed by atoms with Crippen molar-refractivity contribution in [2.24, 2.45) is 5.14 Å². The first-order valence-electron chi connectivity index (χ1n) is 5.53. The van der Waals surface area contributed by atoms with Crippen molar-refractivity contribution in [1.29, 1.82) is 0 Å². The van der Waals surface area contributed by atoms with E-state index in [1.165, 1.54) is 17.8 Å². The molecule has 19 heavy (non-hydrogen) atoms. The lowest BCUT2D eigenvalue weighted by Crippen LogP contribution is -2.13. The third kappa shape index (κ3) is 3.50. The highest BCUT2D eigenvalue weighted by Crippen LogP contribution is 2.33. The number of aryl methyl sites for hydroxylation is 1. The smallest absolute Gasteiger partial charge is 0.239 e. The molecule has 2 aromatic carbocycles. The molecule has 2 aromatic rings. The molecule has 0 aliphatic rings. The van der Waals surface area contributed by atoms with Crippen molar-refractivity contribution in [2.75, 3.05) is 5.73 Å². The second-order valence-electron chi connectivity index (χ2n) is 4.17. The molecule has 0 saturated heterocycles. The summed E-state index contributed by atoms with van der Waals surface area (Å²) in [7, 11) is -3.79. The fourth-order valence-corrected chi connectivity index (χ4v) is 3.70. The van der Waals surface area contributed by atoms with Crippen molar-refractivity contribution >= 4 is 27.5 Å². The number of primary sulfonamides is 1. The van der Waals surface area contributed by atoms with Crippen LogP contribution < -0.4 is 10.9 Å². The van der Waals surface area contributed by atoms with Crippen LogP contribution in [0.1, 0.15) is 5.56 Å². The highest BCUT2D eigenvalue weighted by molar-refractivity contribution is 8.00. The maximum atomic E-state index is 11.6. The third-order valence-corrected chi connectivity index (χ3v) is 4.64. The number of benzene rings is 2. The lowest BCUT2D eigenvalue weighted by Gasteiger charge is -2.08. The lowest BCUT2D eigenvalue weighted by molar-refractivity contribution is 0.596. The molecule has 2 rings (SSSR count). The van der Waals surface area contributed by atoms with Crippen LogP contribution >= 0.6 is 11.8 Å². The topological polar surface area (TPSA) is 86.2 Å². The van der Waals surface area contributed by atoms with Crippen LogP contribution in [-0.4, -0.2) is 8.42 Å². The average molecular weight is 294 g/mol. The predicted octanol–water partition coefficient (Wildman–Crippen LogP) is 2.38. The standard InChI is InChI=1S/C13H14N2O2S2/c1-9-3-2-4-11(7-9)18-12-6-5-10(14)8-13(12)19(15,16)17/h2-8H,14H2,1H3,(H2,15,16,17). The molecule has 0 aliphatic heterocycles. The molecule has 0 aliphatic carbocycles. The van der Waals surface area contributed by atoms with Gasteiger partial charge in [-0.3, -0.25) is 0 Å². The Balaban J connectivity index is 2.46. The van der Waals surface area contributed by atoms with E-state index in [4.69, 9.17) is 10.9 Å². The monoisotopic (exact) mass is 294 g/mol. The molecule has 0 radical (unpaired) electrons. The molecule has 0 heterocycles. The van der Waals surface area contributed by atoms with Crippen LogP contribution in [0, 0.1) is 6.92 Å². The van der Waals surface area contributed by atoms with Crippen LogP contribution in [0.5, 0.6) is 0 Å². The molecular formula is C13H14N2O2S2. The van der Waals surface area contributed by atoms with Crippen molar-refractivity contribution in [1.82, 2.24) is 0 Å². The van der Waals surface area contributed by atoms with Gasteiger partial charge in [0, 0.05) is 15.5 Å². The minimum Gasteiger partial charge on any atom is -0.399 e. The summed E-state index contributed by atoms with van der Waals surface area (Å²) >= 11 is 1.35. The van der Waals surface area contributed by atoms with E-state index < -0.39 is 10.0 Å². The SMILES string of the molecule is Cc1cccc(Sc2ccc(N)cc2S(N)(=O)=O)c1. The molecule has 0 fully saturated rings. The third-order valence-electron chi connectivity index (χ3n) is 2.49. The molecule has 100 valence electrons. The number of hydrogen-bond donors (Lipinski definition) is 2. The number of hydrogen-bond acceptors (Lipinski definition) is 4. The van der Waals surface area contributed by atoms with Gasteiger partial charge in [0.05, 0.1) is 4.90 Å². The highest BCUT2D eigenvalue weighted by Gasteiger charge is 2.15. The normalized spacial score (nSPS) is 11.5. The number of rotatable bonds is 3. The minimum atomic E-state index is -3.79. The van der Waals surface area contributed by atoms with E-state index in [9.17, 15) is 8.42 Å². The van der Waals surface area contributed by atoms with Gasteiger partial charge in [-0.1, -0.05) is 29.5 Å². The Hall–Kier alpha value is -1.50. The van der Waals surface area contributed by atoms with Crippen LogP contribution in [-0.2, 0) is 10.0 Å². The molecule has 0 amide bonds. The first kappa shape index (κ1) is 13.9. The van der Waals surface area contributed by atoms with Crippen molar-refractivity contribution in [3.63, 3.8) is 0 Å². The second-order valence-corrected chi connectivity index (χ2v) is 6.81. The molecule has 0 spiro atoms. The largest absolute Gasteiger partial charge is 0.399 e. The van der Waals surface area contributed by atoms with Gasteiger partial charge in [-0.25, -0.2) is 13.6 Å². The van der Waals surface area contributed by atoms with E-state index in [1.54, 1.807) is 12.1 Å². The predicted molar refractivity (Wildman–Crippen MR) is 77.5 cm³/mol. The summed E-state index contributed by atoms with van der Waals surface area (Å²) in [5.41, 5.74) is 7.09.